The average molecular weight is 286 g/mol. The molecule has 3 rings (SSSR count). The number of benzene rings is 1. The number of hydrogen-bond acceptors (Lipinski definition) is 4. The minimum Gasteiger partial charge on any atom is -0.477 e. The van der Waals surface area contributed by atoms with Gasteiger partial charge in [-0.3, -0.25) is 9.48 Å². The van der Waals surface area contributed by atoms with Crippen molar-refractivity contribution in [3.63, 3.8) is 0 Å². The van der Waals surface area contributed by atoms with Crippen molar-refractivity contribution in [2.75, 3.05) is 17.2 Å². The van der Waals surface area contributed by atoms with Crippen LogP contribution in [0, 0.1) is 13.8 Å². The Kier molecular flexibility index (Phi) is 3.29. The van der Waals surface area contributed by atoms with E-state index >= 15 is 0 Å². The van der Waals surface area contributed by atoms with Gasteiger partial charge in [0.2, 0.25) is 0 Å². The summed E-state index contributed by atoms with van der Waals surface area (Å²) in [5.74, 6) is 0.528. The number of nitrogens with one attached hydrogen (secondary N) is 2. The van der Waals surface area contributed by atoms with Gasteiger partial charge in [-0.25, -0.2) is 0 Å². The summed E-state index contributed by atoms with van der Waals surface area (Å²) in [7, 11) is 1.85. The molecule has 1 atom stereocenters. The Labute approximate surface area is 123 Å². The Balaban J connectivity index is 1.75. The summed E-state index contributed by atoms with van der Waals surface area (Å²) >= 11 is 0. The second kappa shape index (κ2) is 5.12. The number of para-hydroxylation sites is 2. The molecular formula is C15H18N4O2. The molecule has 6 nitrogen and oxygen atoms in total. The predicted octanol–water partition coefficient (Wildman–Crippen LogP) is 1.85. The third kappa shape index (κ3) is 2.44. The van der Waals surface area contributed by atoms with Crippen LogP contribution in [0.2, 0.25) is 0 Å². The second-order valence-electron chi connectivity index (χ2n) is 5.14. The number of aromatic nitrogens is 2. The minimum absolute atomic E-state index is 0.170. The van der Waals surface area contributed by atoms with Gasteiger partial charge in [0.15, 0.2) is 6.10 Å². The Hall–Kier alpha value is -2.50. The van der Waals surface area contributed by atoms with Gasteiger partial charge >= 0.3 is 0 Å². The first-order chi connectivity index (χ1) is 10.1. The highest BCUT2D eigenvalue weighted by atomic mass is 16.5. The summed E-state index contributed by atoms with van der Waals surface area (Å²) in [6.07, 6.45) is -0.557. The molecule has 1 amide bonds. The SMILES string of the molecule is Cc1nn(C)c(C)c1NC(=O)C1CNc2ccccc2O1. The fraction of sp³-hybridized carbons (Fsp3) is 0.333. The Bertz CT molecular complexity index is 693. The lowest BCUT2D eigenvalue weighted by atomic mass is 10.2. The van der Waals surface area contributed by atoms with Crippen molar-refractivity contribution < 1.29 is 9.53 Å². The summed E-state index contributed by atoms with van der Waals surface area (Å²) < 4.78 is 7.50. The number of amides is 1. The lowest BCUT2D eigenvalue weighted by Crippen LogP contribution is -2.41. The van der Waals surface area contributed by atoms with Gasteiger partial charge in [0.05, 0.1) is 29.3 Å². The van der Waals surface area contributed by atoms with Gasteiger partial charge in [0.25, 0.3) is 5.91 Å². The molecule has 0 aliphatic carbocycles. The van der Waals surface area contributed by atoms with Crippen LogP contribution in [0.5, 0.6) is 5.75 Å². The van der Waals surface area contributed by atoms with E-state index in [2.05, 4.69) is 15.7 Å². The van der Waals surface area contributed by atoms with E-state index in [9.17, 15) is 4.79 Å². The van der Waals surface area contributed by atoms with Crippen LogP contribution in [0.1, 0.15) is 11.4 Å². The largest absolute Gasteiger partial charge is 0.477 e. The number of rotatable bonds is 2. The van der Waals surface area contributed by atoms with E-state index < -0.39 is 6.10 Å². The molecule has 1 aliphatic rings. The van der Waals surface area contributed by atoms with Crippen molar-refractivity contribution in [2.45, 2.75) is 20.0 Å². The van der Waals surface area contributed by atoms with Crippen molar-refractivity contribution in [1.29, 1.82) is 0 Å². The molecule has 21 heavy (non-hydrogen) atoms. The van der Waals surface area contributed by atoms with E-state index in [-0.39, 0.29) is 5.91 Å². The molecule has 6 heteroatoms. The third-order valence-corrected chi connectivity index (χ3v) is 3.68. The van der Waals surface area contributed by atoms with Crippen molar-refractivity contribution >= 4 is 17.3 Å². The van der Waals surface area contributed by atoms with Gasteiger partial charge in [-0.2, -0.15) is 5.10 Å². The number of anilines is 2. The molecule has 1 aromatic heterocycles. The van der Waals surface area contributed by atoms with E-state index in [1.165, 1.54) is 0 Å². The topological polar surface area (TPSA) is 68.2 Å². The molecule has 0 radical (unpaired) electrons. The summed E-state index contributed by atoms with van der Waals surface area (Å²) in [6, 6.07) is 7.59. The lowest BCUT2D eigenvalue weighted by molar-refractivity contribution is -0.122. The molecule has 0 saturated heterocycles. The van der Waals surface area contributed by atoms with Crippen LogP contribution in [-0.2, 0) is 11.8 Å². The van der Waals surface area contributed by atoms with Gasteiger partial charge in [-0.05, 0) is 26.0 Å². The zero-order valence-corrected chi connectivity index (χ0v) is 12.3. The van der Waals surface area contributed by atoms with E-state index in [4.69, 9.17) is 4.74 Å². The van der Waals surface area contributed by atoms with Crippen molar-refractivity contribution in [3.8, 4) is 5.75 Å². The monoisotopic (exact) mass is 286 g/mol. The van der Waals surface area contributed by atoms with Gasteiger partial charge < -0.3 is 15.4 Å². The molecule has 2 heterocycles. The van der Waals surface area contributed by atoms with Gasteiger partial charge in [-0.1, -0.05) is 12.1 Å². The molecule has 2 aromatic rings. The molecule has 1 aromatic carbocycles. The van der Waals surface area contributed by atoms with E-state index in [1.54, 1.807) is 4.68 Å². The number of carbonyl (C=O) groups is 1. The number of aryl methyl sites for hydroxylation is 2. The standard InChI is InChI=1S/C15H18N4O2/c1-9-14(10(2)19(3)18-9)17-15(20)13-8-16-11-6-4-5-7-12(11)21-13/h4-7,13,16H,8H2,1-3H3,(H,17,20). The smallest absolute Gasteiger partial charge is 0.267 e. The normalized spacial score (nSPS) is 16.6. The molecule has 0 bridgehead atoms. The fourth-order valence-corrected chi connectivity index (χ4v) is 2.42. The summed E-state index contributed by atoms with van der Waals surface area (Å²) in [5, 5.41) is 10.4. The Morgan fingerprint density at radius 1 is 1.43 bits per heavy atom. The molecule has 0 fully saturated rings. The van der Waals surface area contributed by atoms with E-state index in [0.717, 1.165) is 22.8 Å². The number of fused-ring (bicyclic) bond motifs is 1. The number of nitrogens with zero attached hydrogens (tertiary/aromatic N) is 2. The second-order valence-corrected chi connectivity index (χ2v) is 5.14. The molecule has 1 aliphatic heterocycles. The minimum atomic E-state index is -0.557. The zero-order valence-electron chi connectivity index (χ0n) is 12.3. The molecule has 110 valence electrons. The van der Waals surface area contributed by atoms with Crippen LogP contribution in [0.4, 0.5) is 11.4 Å². The Morgan fingerprint density at radius 2 is 2.19 bits per heavy atom. The van der Waals surface area contributed by atoms with Crippen LogP contribution in [-0.4, -0.2) is 28.3 Å². The van der Waals surface area contributed by atoms with Gasteiger partial charge in [-0.15, -0.1) is 0 Å². The summed E-state index contributed by atoms with van der Waals surface area (Å²) in [6.45, 7) is 4.24. The van der Waals surface area contributed by atoms with Gasteiger partial charge in [0.1, 0.15) is 5.75 Å². The number of carbonyl (C=O) groups excluding carboxylic acids is 1. The maximum Gasteiger partial charge on any atom is 0.267 e. The zero-order chi connectivity index (χ0) is 15.0. The van der Waals surface area contributed by atoms with E-state index in [0.29, 0.717) is 12.3 Å². The molecule has 1 unspecified atom stereocenters. The highest BCUT2D eigenvalue weighted by Gasteiger charge is 2.27. The summed E-state index contributed by atoms with van der Waals surface area (Å²) in [4.78, 5) is 12.4. The highest BCUT2D eigenvalue weighted by Crippen LogP contribution is 2.28. The molecule has 2 N–H and O–H groups in total. The third-order valence-electron chi connectivity index (χ3n) is 3.68. The first-order valence-electron chi connectivity index (χ1n) is 6.87. The van der Waals surface area contributed by atoms with E-state index in [1.807, 2.05) is 45.2 Å². The summed E-state index contributed by atoms with van der Waals surface area (Å²) in [5.41, 5.74) is 3.39. The fourth-order valence-electron chi connectivity index (χ4n) is 2.42. The van der Waals surface area contributed by atoms with Gasteiger partial charge in [0, 0.05) is 7.05 Å². The lowest BCUT2D eigenvalue weighted by Gasteiger charge is -2.26. The van der Waals surface area contributed by atoms with Crippen molar-refractivity contribution in [3.05, 3.63) is 35.7 Å². The first-order valence-corrected chi connectivity index (χ1v) is 6.87. The highest BCUT2D eigenvalue weighted by molar-refractivity contribution is 5.96. The number of hydrogen-bond donors (Lipinski definition) is 2. The van der Waals surface area contributed by atoms with Crippen molar-refractivity contribution in [1.82, 2.24) is 9.78 Å². The van der Waals surface area contributed by atoms with Crippen molar-refractivity contribution in [2.24, 2.45) is 7.05 Å². The Morgan fingerprint density at radius 3 is 2.90 bits per heavy atom. The molecule has 0 spiro atoms. The number of ether oxygens (including phenoxy) is 1. The van der Waals surface area contributed by atoms with Crippen LogP contribution < -0.4 is 15.4 Å². The van der Waals surface area contributed by atoms with Crippen LogP contribution in [0.15, 0.2) is 24.3 Å². The van der Waals surface area contributed by atoms with Crippen LogP contribution in [0.3, 0.4) is 0 Å². The van der Waals surface area contributed by atoms with Crippen LogP contribution in [0.25, 0.3) is 0 Å². The first kappa shape index (κ1) is 13.5. The average Bonchev–Trinajstić information content (AvgIpc) is 2.73. The maximum atomic E-state index is 12.4. The maximum absolute atomic E-state index is 12.4. The molecule has 0 saturated carbocycles. The predicted molar refractivity (Wildman–Crippen MR) is 80.7 cm³/mol. The molecular weight excluding hydrogens is 268 g/mol. The quantitative estimate of drug-likeness (QED) is 0.884. The van der Waals surface area contributed by atoms with Crippen LogP contribution >= 0.6 is 0 Å².